The maximum Gasteiger partial charge on any atom is 0.197 e. The van der Waals surface area contributed by atoms with Crippen LogP contribution in [0.4, 0.5) is 0 Å². The molecule has 0 aromatic carbocycles. The molecule has 3 nitrogen and oxygen atoms in total. The molecule has 0 saturated carbocycles. The van der Waals surface area contributed by atoms with E-state index in [1.165, 1.54) is 0 Å². The molecule has 0 aromatic rings. The van der Waals surface area contributed by atoms with E-state index in [-0.39, 0.29) is 0 Å². The molecule has 4 heavy (non-hydrogen) atoms. The van der Waals surface area contributed by atoms with Crippen LogP contribution in [-0.4, -0.2) is 10.5 Å². The molecule has 0 spiro atoms. The minimum Gasteiger partial charge on any atom is -0.266 e. The average molecular weight is 79.1 g/mol. The van der Waals surface area contributed by atoms with Crippen LogP contribution in [0.25, 0.3) is 0 Å². The standard InChI is InChI=1S/H3O3Si/c1-2-3-4/h4H3. The summed E-state index contributed by atoms with van der Waals surface area (Å²) < 4.78 is 3.62. The summed E-state index contributed by atoms with van der Waals surface area (Å²) in [7, 11) is 0.355. The Morgan fingerprint density at radius 3 is 2.00 bits per heavy atom. The smallest absolute Gasteiger partial charge is 0.197 e. The lowest BCUT2D eigenvalue weighted by Crippen LogP contribution is -1.74. The summed E-state index contributed by atoms with van der Waals surface area (Å²) in [6.45, 7) is 0. The lowest BCUT2D eigenvalue weighted by atomic mass is 14.6. The molecule has 0 aromatic heterocycles. The SMILES string of the molecule is [O]OO[SiH3]. The highest BCUT2D eigenvalue weighted by atomic mass is 28.2. The van der Waals surface area contributed by atoms with Crippen LogP contribution in [0.5, 0.6) is 0 Å². The van der Waals surface area contributed by atoms with Crippen molar-refractivity contribution >= 4 is 10.5 Å². The molecule has 0 rings (SSSR count). The second-order valence-corrected chi connectivity index (χ2v) is 0.568. The van der Waals surface area contributed by atoms with Crippen LogP contribution in [0.15, 0.2) is 0 Å². The van der Waals surface area contributed by atoms with Crippen LogP contribution in [0, 0.1) is 0 Å². The molecule has 0 saturated heterocycles. The van der Waals surface area contributed by atoms with Gasteiger partial charge in [0.05, 0.1) is 0 Å². The minimum atomic E-state index is 0.355. The molecule has 0 fully saturated rings. The predicted molar refractivity (Wildman–Crippen MR) is 12.8 cm³/mol. The number of hydrogen-bond acceptors (Lipinski definition) is 2. The third-order valence-electron chi connectivity index (χ3n) is 0.0680. The van der Waals surface area contributed by atoms with Gasteiger partial charge in [-0.1, -0.05) is 0 Å². The zero-order valence-electron chi connectivity index (χ0n) is 2.22. The second-order valence-electron chi connectivity index (χ2n) is 0.235. The van der Waals surface area contributed by atoms with Crippen molar-refractivity contribution in [1.29, 1.82) is 0 Å². The van der Waals surface area contributed by atoms with Crippen LogP contribution in [0.2, 0.25) is 0 Å². The van der Waals surface area contributed by atoms with Gasteiger partial charge in [-0.2, -0.15) is 0 Å². The van der Waals surface area contributed by atoms with E-state index >= 15 is 0 Å². The fourth-order valence-electron chi connectivity index (χ4n) is 0. The van der Waals surface area contributed by atoms with E-state index in [1.54, 1.807) is 0 Å². The van der Waals surface area contributed by atoms with Gasteiger partial charge in [0.2, 0.25) is 0 Å². The van der Waals surface area contributed by atoms with E-state index in [4.69, 9.17) is 5.26 Å². The van der Waals surface area contributed by atoms with E-state index < -0.39 is 0 Å². The summed E-state index contributed by atoms with van der Waals surface area (Å²) >= 11 is 0. The molecular formula is H3O3Si. The first-order valence-electron chi connectivity index (χ1n) is 0.742. The minimum absolute atomic E-state index is 0.355. The Kier molecular flexibility index (Phi) is 3.17. The fraction of sp³-hybridized carbons (Fsp3) is 0. The Hall–Kier alpha value is 0.0969. The lowest BCUT2D eigenvalue weighted by Gasteiger charge is -1.71. The van der Waals surface area contributed by atoms with Gasteiger partial charge in [-0.05, 0) is 10.3 Å². The van der Waals surface area contributed by atoms with Gasteiger partial charge in [-0.15, -0.1) is 0 Å². The van der Waals surface area contributed by atoms with Gasteiger partial charge in [0, 0.05) is 0 Å². The molecule has 4 heteroatoms. The maximum atomic E-state index is 8.61. The van der Waals surface area contributed by atoms with Gasteiger partial charge < -0.3 is 0 Å². The first-order chi connectivity index (χ1) is 1.91. The van der Waals surface area contributed by atoms with Crippen molar-refractivity contribution < 1.29 is 14.9 Å². The Morgan fingerprint density at radius 2 is 2.00 bits per heavy atom. The quantitative estimate of drug-likeness (QED) is 0.219. The van der Waals surface area contributed by atoms with Crippen molar-refractivity contribution in [3.8, 4) is 0 Å². The van der Waals surface area contributed by atoms with Crippen LogP contribution < -0.4 is 0 Å². The van der Waals surface area contributed by atoms with Crippen LogP contribution in [0.3, 0.4) is 0 Å². The predicted octanol–water partition coefficient (Wildman–Crippen LogP) is -1.44. The summed E-state index contributed by atoms with van der Waals surface area (Å²) in [6, 6.07) is 0. The molecule has 0 aliphatic heterocycles. The molecule has 0 atom stereocenters. The van der Waals surface area contributed by atoms with Crippen LogP contribution in [-0.2, 0) is 14.9 Å². The van der Waals surface area contributed by atoms with Crippen molar-refractivity contribution in [1.82, 2.24) is 0 Å². The van der Waals surface area contributed by atoms with Gasteiger partial charge in [0.15, 0.2) is 10.5 Å². The Morgan fingerprint density at radius 1 is 1.75 bits per heavy atom. The normalized spacial score (nSPS) is 8.25. The third kappa shape index (κ3) is 2.10. The summed E-state index contributed by atoms with van der Waals surface area (Å²) in [4.78, 5) is 0. The molecule has 0 heterocycles. The summed E-state index contributed by atoms with van der Waals surface area (Å²) in [5.41, 5.74) is 0. The summed E-state index contributed by atoms with van der Waals surface area (Å²) in [5.74, 6) is 0. The van der Waals surface area contributed by atoms with Crippen molar-refractivity contribution in [3.63, 3.8) is 0 Å². The van der Waals surface area contributed by atoms with E-state index in [9.17, 15) is 0 Å². The first-order valence-corrected chi connectivity index (χ1v) is 1.56. The van der Waals surface area contributed by atoms with E-state index in [0.29, 0.717) is 10.5 Å². The second kappa shape index (κ2) is 3.10. The highest BCUT2D eigenvalue weighted by molar-refractivity contribution is 5.97. The van der Waals surface area contributed by atoms with Crippen molar-refractivity contribution in [2.45, 2.75) is 0 Å². The molecule has 0 unspecified atom stereocenters. The van der Waals surface area contributed by atoms with Gasteiger partial charge in [0.25, 0.3) is 0 Å². The van der Waals surface area contributed by atoms with Crippen molar-refractivity contribution in [2.24, 2.45) is 0 Å². The van der Waals surface area contributed by atoms with Crippen molar-refractivity contribution in [3.05, 3.63) is 0 Å². The lowest BCUT2D eigenvalue weighted by molar-refractivity contribution is -0.481. The van der Waals surface area contributed by atoms with Crippen molar-refractivity contribution in [2.75, 3.05) is 0 Å². The van der Waals surface area contributed by atoms with Gasteiger partial charge >= 0.3 is 0 Å². The van der Waals surface area contributed by atoms with Crippen LogP contribution >= 0.6 is 0 Å². The maximum absolute atomic E-state index is 8.61. The molecule has 0 bridgehead atoms. The Balaban J connectivity index is 1.97. The molecule has 0 amide bonds. The molecule has 0 N–H and O–H groups in total. The topological polar surface area (TPSA) is 38.4 Å². The fourth-order valence-corrected chi connectivity index (χ4v) is 0. The molecule has 1 radical (unpaired) electrons. The number of rotatable bonds is 1. The highest BCUT2D eigenvalue weighted by Crippen LogP contribution is 1.51. The van der Waals surface area contributed by atoms with E-state index in [2.05, 4.69) is 9.61 Å². The zero-order valence-corrected chi connectivity index (χ0v) is 4.22. The molecular weight excluding hydrogens is 76.1 g/mol. The molecule has 0 aliphatic rings. The largest absolute Gasteiger partial charge is 0.266 e. The number of hydrogen-bond donors (Lipinski definition) is 0. The molecule has 0 aliphatic carbocycles. The van der Waals surface area contributed by atoms with Crippen LogP contribution in [0.1, 0.15) is 0 Å². The summed E-state index contributed by atoms with van der Waals surface area (Å²) in [6.07, 6.45) is 0. The van der Waals surface area contributed by atoms with E-state index in [0.717, 1.165) is 0 Å². The highest BCUT2D eigenvalue weighted by Gasteiger charge is 1.54. The van der Waals surface area contributed by atoms with Gasteiger partial charge in [0.1, 0.15) is 0 Å². The Bertz CT molecular complexity index is 5.25. The third-order valence-corrected chi connectivity index (χ3v) is 0.204. The van der Waals surface area contributed by atoms with E-state index in [1.807, 2.05) is 0 Å². The monoisotopic (exact) mass is 79.0 g/mol. The van der Waals surface area contributed by atoms with Gasteiger partial charge in [-0.3, -0.25) is 4.58 Å². The zero-order chi connectivity index (χ0) is 3.41. The van der Waals surface area contributed by atoms with Gasteiger partial charge in [-0.25, -0.2) is 0 Å². The Labute approximate surface area is 26.5 Å². The average Bonchev–Trinajstić information content (AvgIpc) is 1.37. The molecule has 25 valence electrons. The first kappa shape index (κ1) is 4.10. The summed E-state index contributed by atoms with van der Waals surface area (Å²) in [5, 5.41) is 11.5.